The van der Waals surface area contributed by atoms with Crippen LogP contribution in [0.25, 0.3) is 16.5 Å². The molecular formula is C23H24N4OS. The van der Waals surface area contributed by atoms with E-state index in [2.05, 4.69) is 39.7 Å². The van der Waals surface area contributed by atoms with E-state index in [0.717, 1.165) is 37.9 Å². The van der Waals surface area contributed by atoms with Gasteiger partial charge in [-0.2, -0.15) is 5.10 Å². The number of carbonyl (C=O) groups is 1. The normalized spacial score (nSPS) is 12.3. The molecule has 2 aromatic heterocycles. The lowest BCUT2D eigenvalue weighted by molar-refractivity contribution is -0.121. The highest BCUT2D eigenvalue weighted by atomic mass is 32.1. The van der Waals surface area contributed by atoms with Gasteiger partial charge in [0.1, 0.15) is 0 Å². The lowest BCUT2D eigenvalue weighted by Crippen LogP contribution is -2.28. The van der Waals surface area contributed by atoms with Gasteiger partial charge in [0, 0.05) is 21.5 Å². The molecule has 1 amide bonds. The summed E-state index contributed by atoms with van der Waals surface area (Å²) in [6.45, 7) is 7.96. The fraction of sp³-hybridized carbons (Fsp3) is 0.261. The van der Waals surface area contributed by atoms with Crippen LogP contribution in [0.2, 0.25) is 0 Å². The molecule has 4 aromatic rings. The van der Waals surface area contributed by atoms with Crippen molar-refractivity contribution in [2.24, 2.45) is 0 Å². The fourth-order valence-electron chi connectivity index (χ4n) is 3.74. The molecule has 0 aliphatic carbocycles. The van der Waals surface area contributed by atoms with Crippen LogP contribution in [0.1, 0.15) is 39.8 Å². The van der Waals surface area contributed by atoms with Crippen molar-refractivity contribution >= 4 is 28.0 Å². The van der Waals surface area contributed by atoms with Crippen LogP contribution < -0.4 is 5.32 Å². The Morgan fingerprint density at radius 2 is 1.90 bits per heavy atom. The number of hydrogen-bond acceptors (Lipinski definition) is 4. The zero-order valence-corrected chi connectivity index (χ0v) is 17.9. The molecule has 148 valence electrons. The van der Waals surface area contributed by atoms with Crippen LogP contribution in [0.4, 0.5) is 0 Å². The highest BCUT2D eigenvalue weighted by Crippen LogP contribution is 2.26. The predicted molar refractivity (Wildman–Crippen MR) is 118 cm³/mol. The van der Waals surface area contributed by atoms with Gasteiger partial charge in [0.05, 0.1) is 35.0 Å². The number of aromatic nitrogens is 3. The maximum atomic E-state index is 12.6. The van der Waals surface area contributed by atoms with Crippen LogP contribution in [-0.4, -0.2) is 20.7 Å². The molecule has 2 heterocycles. The highest BCUT2D eigenvalue weighted by Gasteiger charge is 2.18. The largest absolute Gasteiger partial charge is 0.349 e. The van der Waals surface area contributed by atoms with Crippen molar-refractivity contribution < 1.29 is 4.79 Å². The minimum Gasteiger partial charge on any atom is -0.349 e. The molecule has 0 bridgehead atoms. The Kier molecular flexibility index (Phi) is 5.20. The van der Waals surface area contributed by atoms with Gasteiger partial charge in [-0.25, -0.2) is 9.67 Å². The molecule has 1 unspecified atom stereocenters. The molecule has 1 atom stereocenters. The van der Waals surface area contributed by atoms with Crippen molar-refractivity contribution in [1.29, 1.82) is 0 Å². The van der Waals surface area contributed by atoms with E-state index >= 15 is 0 Å². The summed E-state index contributed by atoms with van der Waals surface area (Å²) in [5.74, 6) is 0.00145. The molecule has 4 rings (SSSR count). The number of nitrogens with zero attached hydrogens (tertiary/aromatic N) is 3. The van der Waals surface area contributed by atoms with Gasteiger partial charge in [-0.05, 0) is 39.1 Å². The van der Waals surface area contributed by atoms with Crippen molar-refractivity contribution in [3.05, 3.63) is 75.5 Å². The molecule has 0 radical (unpaired) electrons. The van der Waals surface area contributed by atoms with E-state index in [0.29, 0.717) is 6.42 Å². The number of benzene rings is 2. The Balaban J connectivity index is 1.56. The van der Waals surface area contributed by atoms with E-state index in [-0.39, 0.29) is 11.9 Å². The van der Waals surface area contributed by atoms with Gasteiger partial charge >= 0.3 is 0 Å². The molecule has 0 fully saturated rings. The standard InChI is InChI=1S/C23H24N4OS/c1-14(26-23(28)12-22-15(2)25-17(4)29-22)20-13-24-27(16(20)3)21-11-7-9-18-8-5-6-10-19(18)21/h5-11,13-14H,12H2,1-4H3,(H,26,28). The second kappa shape index (κ2) is 7.79. The molecule has 0 spiro atoms. The molecule has 0 saturated heterocycles. The highest BCUT2D eigenvalue weighted by molar-refractivity contribution is 7.11. The van der Waals surface area contributed by atoms with Crippen molar-refractivity contribution in [2.45, 2.75) is 40.2 Å². The summed E-state index contributed by atoms with van der Waals surface area (Å²) < 4.78 is 1.96. The number of nitrogens with one attached hydrogen (secondary N) is 1. The summed E-state index contributed by atoms with van der Waals surface area (Å²) in [6.07, 6.45) is 2.21. The Bertz CT molecular complexity index is 1190. The molecule has 1 N–H and O–H groups in total. The summed E-state index contributed by atoms with van der Waals surface area (Å²) in [5, 5.41) is 11.1. The number of aryl methyl sites for hydroxylation is 2. The molecule has 0 saturated carbocycles. The van der Waals surface area contributed by atoms with Crippen LogP contribution in [0.15, 0.2) is 48.7 Å². The first-order valence-electron chi connectivity index (χ1n) is 9.69. The summed E-state index contributed by atoms with van der Waals surface area (Å²) in [5.41, 5.74) is 4.03. The number of thiazole rings is 1. The van der Waals surface area contributed by atoms with Gasteiger partial charge in [-0.3, -0.25) is 4.79 Å². The van der Waals surface area contributed by atoms with Gasteiger partial charge in [0.15, 0.2) is 0 Å². The van der Waals surface area contributed by atoms with E-state index in [9.17, 15) is 4.79 Å². The number of hydrogen-bond donors (Lipinski definition) is 1. The second-order valence-corrected chi connectivity index (χ2v) is 8.59. The molecule has 29 heavy (non-hydrogen) atoms. The molecule has 2 aromatic carbocycles. The average molecular weight is 405 g/mol. The Morgan fingerprint density at radius 1 is 1.14 bits per heavy atom. The van der Waals surface area contributed by atoms with E-state index in [1.807, 2.05) is 56.8 Å². The first-order chi connectivity index (χ1) is 13.9. The monoisotopic (exact) mass is 404 g/mol. The molecule has 5 nitrogen and oxygen atoms in total. The average Bonchev–Trinajstić information content (AvgIpc) is 3.22. The quantitative estimate of drug-likeness (QED) is 0.518. The van der Waals surface area contributed by atoms with E-state index in [1.54, 1.807) is 11.3 Å². The van der Waals surface area contributed by atoms with Crippen LogP contribution >= 0.6 is 11.3 Å². The summed E-state index contributed by atoms with van der Waals surface area (Å²) >= 11 is 1.58. The van der Waals surface area contributed by atoms with Crippen LogP contribution in [0, 0.1) is 20.8 Å². The van der Waals surface area contributed by atoms with Crippen molar-refractivity contribution in [3.8, 4) is 5.69 Å². The number of fused-ring (bicyclic) bond motifs is 1. The smallest absolute Gasteiger partial charge is 0.225 e. The minimum atomic E-state index is -0.124. The summed E-state index contributed by atoms with van der Waals surface area (Å²) in [4.78, 5) is 18.0. The lowest BCUT2D eigenvalue weighted by atomic mass is 10.1. The number of amides is 1. The fourth-order valence-corrected chi connectivity index (χ4v) is 4.67. The van der Waals surface area contributed by atoms with Gasteiger partial charge in [-0.15, -0.1) is 11.3 Å². The maximum absolute atomic E-state index is 12.6. The molecule has 0 aliphatic heterocycles. The second-order valence-electron chi connectivity index (χ2n) is 7.30. The van der Waals surface area contributed by atoms with Crippen molar-refractivity contribution in [2.75, 3.05) is 0 Å². The Morgan fingerprint density at radius 3 is 2.66 bits per heavy atom. The van der Waals surface area contributed by atoms with E-state index < -0.39 is 0 Å². The van der Waals surface area contributed by atoms with Gasteiger partial charge in [-0.1, -0.05) is 36.4 Å². The van der Waals surface area contributed by atoms with Crippen LogP contribution in [-0.2, 0) is 11.2 Å². The number of carbonyl (C=O) groups excluding carboxylic acids is 1. The Labute approximate surface area is 174 Å². The minimum absolute atomic E-state index is 0.00145. The predicted octanol–water partition coefficient (Wildman–Crippen LogP) is 4.83. The first kappa shape index (κ1) is 19.3. The van der Waals surface area contributed by atoms with E-state index in [4.69, 9.17) is 0 Å². The lowest BCUT2D eigenvalue weighted by Gasteiger charge is -2.14. The van der Waals surface area contributed by atoms with Crippen molar-refractivity contribution in [3.63, 3.8) is 0 Å². The third-order valence-corrected chi connectivity index (χ3v) is 6.28. The van der Waals surface area contributed by atoms with Crippen molar-refractivity contribution in [1.82, 2.24) is 20.1 Å². The van der Waals surface area contributed by atoms with E-state index in [1.165, 1.54) is 5.39 Å². The van der Waals surface area contributed by atoms with Gasteiger partial charge < -0.3 is 5.32 Å². The molecule has 0 aliphatic rings. The SMILES string of the molecule is Cc1nc(C)c(CC(=O)NC(C)c2cnn(-c3cccc4ccccc34)c2C)s1. The topological polar surface area (TPSA) is 59.8 Å². The summed E-state index contributed by atoms with van der Waals surface area (Å²) in [6, 6.07) is 14.4. The third-order valence-electron chi connectivity index (χ3n) is 5.21. The molecule has 6 heteroatoms. The van der Waals surface area contributed by atoms with Gasteiger partial charge in [0.25, 0.3) is 0 Å². The van der Waals surface area contributed by atoms with Crippen LogP contribution in [0.5, 0.6) is 0 Å². The first-order valence-corrected chi connectivity index (χ1v) is 10.5. The van der Waals surface area contributed by atoms with Gasteiger partial charge in [0.2, 0.25) is 5.91 Å². The zero-order chi connectivity index (χ0) is 20.5. The maximum Gasteiger partial charge on any atom is 0.225 e. The zero-order valence-electron chi connectivity index (χ0n) is 17.1. The Hall–Kier alpha value is -2.99. The third kappa shape index (κ3) is 3.80. The number of rotatable bonds is 5. The summed E-state index contributed by atoms with van der Waals surface area (Å²) in [7, 11) is 0. The van der Waals surface area contributed by atoms with Crippen LogP contribution in [0.3, 0.4) is 0 Å². The molecular weight excluding hydrogens is 380 g/mol.